The molecular formula is C21H24Cl2N4O6. The van der Waals surface area contributed by atoms with Gasteiger partial charge in [0, 0.05) is 11.1 Å². The molecule has 1 aromatic carbocycles. The molecule has 2 aromatic rings. The Balaban J connectivity index is 1.80. The van der Waals surface area contributed by atoms with Crippen molar-refractivity contribution in [2.75, 3.05) is 18.4 Å². The van der Waals surface area contributed by atoms with Crippen molar-refractivity contribution in [1.82, 2.24) is 15.8 Å². The van der Waals surface area contributed by atoms with Gasteiger partial charge >= 0.3 is 5.97 Å². The van der Waals surface area contributed by atoms with Crippen molar-refractivity contribution in [2.45, 2.75) is 39.2 Å². The molecule has 1 unspecified atom stereocenters. The van der Waals surface area contributed by atoms with Gasteiger partial charge in [0.25, 0.3) is 11.8 Å². The maximum Gasteiger partial charge on any atom is 0.326 e. The van der Waals surface area contributed by atoms with Gasteiger partial charge in [0.1, 0.15) is 12.3 Å². The Kier molecular flexibility index (Phi) is 10.1. The first-order valence-electron chi connectivity index (χ1n) is 10.1. The summed E-state index contributed by atoms with van der Waals surface area (Å²) in [7, 11) is 0. The Morgan fingerprint density at radius 1 is 1.12 bits per heavy atom. The minimum absolute atomic E-state index is 0.140. The van der Waals surface area contributed by atoms with E-state index < -0.39 is 42.9 Å². The Hall–Kier alpha value is -3.11. The van der Waals surface area contributed by atoms with Gasteiger partial charge in [0.15, 0.2) is 11.9 Å². The predicted molar refractivity (Wildman–Crippen MR) is 121 cm³/mol. The number of anilines is 1. The largest absolute Gasteiger partial charge is 0.451 e. The average molecular weight is 499 g/mol. The molecular weight excluding hydrogens is 475 g/mol. The number of carbonyl (C=O) groups excluding carboxylic acids is 4. The highest BCUT2D eigenvalue weighted by atomic mass is 35.5. The molecule has 1 aromatic heterocycles. The first-order valence-corrected chi connectivity index (χ1v) is 10.9. The lowest BCUT2D eigenvalue weighted by atomic mass is 10.1. The van der Waals surface area contributed by atoms with E-state index in [1.165, 1.54) is 24.3 Å². The second kappa shape index (κ2) is 12.8. The van der Waals surface area contributed by atoms with E-state index in [9.17, 15) is 19.2 Å². The van der Waals surface area contributed by atoms with E-state index in [0.717, 1.165) is 6.42 Å². The standard InChI is InChI=1S/C21H24Cl2N4O6/c1-3-4-5-16(21(31)26-17-8-12(2)33-27-17)32-19(29)11-24-18(28)10-25-20(30)14-7-6-13(22)9-15(14)23/h6-9,16H,3-5,10-11H2,1-2H3,(H,24,28)(H,25,30)(H,26,27,31). The number of benzene rings is 1. The fourth-order valence-electron chi connectivity index (χ4n) is 2.63. The van der Waals surface area contributed by atoms with Crippen LogP contribution in [-0.4, -0.2) is 48.0 Å². The van der Waals surface area contributed by atoms with Crippen molar-refractivity contribution < 1.29 is 28.4 Å². The summed E-state index contributed by atoms with van der Waals surface area (Å²) in [6.07, 6.45) is 0.683. The summed E-state index contributed by atoms with van der Waals surface area (Å²) in [6.45, 7) is 2.74. The third-order valence-corrected chi connectivity index (χ3v) is 4.83. The number of hydrogen-bond donors (Lipinski definition) is 3. The highest BCUT2D eigenvalue weighted by molar-refractivity contribution is 6.36. The molecule has 3 amide bonds. The fraction of sp³-hybridized carbons (Fsp3) is 0.381. The van der Waals surface area contributed by atoms with Gasteiger partial charge in [-0.1, -0.05) is 41.7 Å². The number of unbranched alkanes of at least 4 members (excludes halogenated alkanes) is 1. The molecule has 2 rings (SSSR count). The van der Waals surface area contributed by atoms with Crippen LogP contribution in [0.25, 0.3) is 0 Å². The van der Waals surface area contributed by atoms with Crippen molar-refractivity contribution in [1.29, 1.82) is 0 Å². The number of esters is 1. The zero-order chi connectivity index (χ0) is 24.4. The molecule has 1 atom stereocenters. The Morgan fingerprint density at radius 2 is 1.88 bits per heavy atom. The number of aromatic nitrogens is 1. The van der Waals surface area contributed by atoms with E-state index >= 15 is 0 Å². The first-order chi connectivity index (χ1) is 15.7. The smallest absolute Gasteiger partial charge is 0.326 e. The summed E-state index contributed by atoms with van der Waals surface area (Å²) in [5.41, 5.74) is 0.153. The minimum Gasteiger partial charge on any atom is -0.451 e. The summed E-state index contributed by atoms with van der Waals surface area (Å²) < 4.78 is 10.1. The van der Waals surface area contributed by atoms with E-state index in [0.29, 0.717) is 23.6 Å². The number of carbonyl (C=O) groups is 4. The maximum atomic E-state index is 12.4. The number of ether oxygens (including phenoxy) is 1. The lowest BCUT2D eigenvalue weighted by molar-refractivity contribution is -0.154. The monoisotopic (exact) mass is 498 g/mol. The van der Waals surface area contributed by atoms with Crippen LogP contribution in [0, 0.1) is 6.92 Å². The third kappa shape index (κ3) is 8.74. The molecule has 33 heavy (non-hydrogen) atoms. The van der Waals surface area contributed by atoms with Gasteiger partial charge in [-0.05, 0) is 38.0 Å². The van der Waals surface area contributed by atoms with Crippen LogP contribution in [-0.2, 0) is 19.1 Å². The molecule has 12 heteroatoms. The van der Waals surface area contributed by atoms with E-state index in [1.807, 2.05) is 6.92 Å². The van der Waals surface area contributed by atoms with E-state index in [1.54, 1.807) is 6.92 Å². The average Bonchev–Trinajstić information content (AvgIpc) is 3.17. The van der Waals surface area contributed by atoms with Crippen LogP contribution < -0.4 is 16.0 Å². The summed E-state index contributed by atoms with van der Waals surface area (Å²) in [5.74, 6) is -1.83. The molecule has 0 aliphatic rings. The van der Waals surface area contributed by atoms with Crippen LogP contribution in [0.4, 0.5) is 5.82 Å². The summed E-state index contributed by atoms with van der Waals surface area (Å²) in [4.78, 5) is 48.7. The molecule has 10 nitrogen and oxygen atoms in total. The summed E-state index contributed by atoms with van der Waals surface area (Å²) >= 11 is 11.7. The Morgan fingerprint density at radius 3 is 2.52 bits per heavy atom. The Bertz CT molecular complexity index is 1010. The van der Waals surface area contributed by atoms with Gasteiger partial charge in [-0.15, -0.1) is 0 Å². The number of halogens is 2. The van der Waals surface area contributed by atoms with Crippen LogP contribution >= 0.6 is 23.2 Å². The lowest BCUT2D eigenvalue weighted by Gasteiger charge is -2.17. The topological polar surface area (TPSA) is 140 Å². The second-order valence-corrected chi connectivity index (χ2v) is 7.86. The zero-order valence-electron chi connectivity index (χ0n) is 18.1. The summed E-state index contributed by atoms with van der Waals surface area (Å²) in [6, 6.07) is 5.86. The normalized spacial score (nSPS) is 11.4. The van der Waals surface area contributed by atoms with Crippen LogP contribution in [0.3, 0.4) is 0 Å². The molecule has 0 spiro atoms. The van der Waals surface area contributed by atoms with E-state index in [4.69, 9.17) is 32.5 Å². The maximum absolute atomic E-state index is 12.4. The van der Waals surface area contributed by atoms with Gasteiger partial charge in [-0.25, -0.2) is 0 Å². The molecule has 0 saturated heterocycles. The number of hydrogen-bond acceptors (Lipinski definition) is 7. The molecule has 1 heterocycles. The van der Waals surface area contributed by atoms with Crippen molar-refractivity contribution in [3.05, 3.63) is 45.6 Å². The molecule has 0 aliphatic heterocycles. The number of nitrogens with zero attached hydrogens (tertiary/aromatic N) is 1. The molecule has 0 bridgehead atoms. The van der Waals surface area contributed by atoms with E-state index in [-0.39, 0.29) is 16.4 Å². The SMILES string of the molecule is CCCCC(OC(=O)CNC(=O)CNC(=O)c1ccc(Cl)cc1Cl)C(=O)Nc1cc(C)on1. The lowest BCUT2D eigenvalue weighted by Crippen LogP contribution is -2.41. The molecule has 0 radical (unpaired) electrons. The molecule has 0 saturated carbocycles. The quantitative estimate of drug-likeness (QED) is 0.404. The first kappa shape index (κ1) is 26.1. The third-order valence-electron chi connectivity index (χ3n) is 4.28. The second-order valence-electron chi connectivity index (χ2n) is 7.02. The molecule has 178 valence electrons. The van der Waals surface area contributed by atoms with Crippen molar-refractivity contribution >= 4 is 52.7 Å². The molecule has 0 aliphatic carbocycles. The highest BCUT2D eigenvalue weighted by Crippen LogP contribution is 2.20. The van der Waals surface area contributed by atoms with Crippen molar-refractivity contribution in [2.24, 2.45) is 0 Å². The minimum atomic E-state index is -1.06. The van der Waals surface area contributed by atoms with Crippen molar-refractivity contribution in [3.63, 3.8) is 0 Å². The van der Waals surface area contributed by atoms with Gasteiger partial charge in [-0.3, -0.25) is 19.2 Å². The zero-order valence-corrected chi connectivity index (χ0v) is 19.6. The number of rotatable bonds is 11. The highest BCUT2D eigenvalue weighted by Gasteiger charge is 2.24. The van der Waals surface area contributed by atoms with E-state index in [2.05, 4.69) is 21.1 Å². The van der Waals surface area contributed by atoms with Crippen LogP contribution in [0.15, 0.2) is 28.8 Å². The van der Waals surface area contributed by atoms with Gasteiger partial charge < -0.3 is 25.2 Å². The molecule has 3 N–H and O–H groups in total. The van der Waals surface area contributed by atoms with Crippen LogP contribution in [0.2, 0.25) is 10.0 Å². The van der Waals surface area contributed by atoms with Crippen LogP contribution in [0.1, 0.15) is 42.3 Å². The number of aryl methyl sites for hydroxylation is 1. The summed E-state index contributed by atoms with van der Waals surface area (Å²) in [5, 5.41) is 11.4. The predicted octanol–water partition coefficient (Wildman–Crippen LogP) is 2.88. The molecule has 0 fully saturated rings. The Labute approximate surface area is 200 Å². The van der Waals surface area contributed by atoms with Crippen molar-refractivity contribution in [3.8, 4) is 0 Å². The van der Waals surface area contributed by atoms with Crippen LogP contribution in [0.5, 0.6) is 0 Å². The van der Waals surface area contributed by atoms with Gasteiger partial charge in [0.05, 0.1) is 17.1 Å². The van der Waals surface area contributed by atoms with Gasteiger partial charge in [0.2, 0.25) is 5.91 Å². The number of amides is 3. The van der Waals surface area contributed by atoms with Gasteiger partial charge in [-0.2, -0.15) is 0 Å². The number of nitrogens with one attached hydrogen (secondary N) is 3. The fourth-order valence-corrected chi connectivity index (χ4v) is 3.12.